The van der Waals surface area contributed by atoms with Crippen molar-refractivity contribution in [3.8, 4) is 0 Å². The van der Waals surface area contributed by atoms with Gasteiger partial charge in [-0.2, -0.15) is 4.39 Å². The van der Waals surface area contributed by atoms with Crippen molar-refractivity contribution in [2.24, 2.45) is 0 Å². The van der Waals surface area contributed by atoms with Crippen LogP contribution in [0.15, 0.2) is 18.2 Å². The summed E-state index contributed by atoms with van der Waals surface area (Å²) in [5.74, 6) is -0.481. The molecular formula is C10H10FNO. The van der Waals surface area contributed by atoms with Crippen molar-refractivity contribution in [3.05, 3.63) is 35.4 Å². The Balaban J connectivity index is 2.83. The lowest BCUT2D eigenvalue weighted by Crippen LogP contribution is -1.89. The van der Waals surface area contributed by atoms with Crippen molar-refractivity contribution in [1.82, 2.24) is 4.98 Å². The van der Waals surface area contributed by atoms with E-state index in [-0.39, 0.29) is 0 Å². The maximum Gasteiger partial charge on any atom is 0.213 e. The molecule has 68 valence electrons. The molecule has 0 N–H and O–H groups in total. The highest BCUT2D eigenvalue weighted by Gasteiger charge is 1.96. The van der Waals surface area contributed by atoms with Gasteiger partial charge in [0, 0.05) is 12.1 Å². The maximum atomic E-state index is 12.5. The van der Waals surface area contributed by atoms with Gasteiger partial charge in [-0.25, -0.2) is 4.98 Å². The van der Waals surface area contributed by atoms with Crippen molar-refractivity contribution >= 4 is 12.4 Å². The van der Waals surface area contributed by atoms with Crippen LogP contribution < -0.4 is 0 Å². The summed E-state index contributed by atoms with van der Waals surface area (Å²) in [6, 6.07) is 2.94. The van der Waals surface area contributed by atoms with Crippen LogP contribution in [0.3, 0.4) is 0 Å². The molecule has 0 atom stereocenters. The third-order valence-corrected chi connectivity index (χ3v) is 1.62. The Labute approximate surface area is 76.1 Å². The normalized spacial score (nSPS) is 10.6. The highest BCUT2D eigenvalue weighted by atomic mass is 19.1. The Kier molecular flexibility index (Phi) is 3.31. The van der Waals surface area contributed by atoms with E-state index in [0.717, 1.165) is 11.8 Å². The van der Waals surface area contributed by atoms with E-state index >= 15 is 0 Å². The van der Waals surface area contributed by atoms with E-state index in [2.05, 4.69) is 4.98 Å². The average Bonchev–Trinajstić information content (AvgIpc) is 2.09. The number of hydrogen-bond donors (Lipinski definition) is 0. The van der Waals surface area contributed by atoms with E-state index in [1.807, 2.05) is 0 Å². The topological polar surface area (TPSA) is 30.0 Å². The van der Waals surface area contributed by atoms with Crippen molar-refractivity contribution in [3.63, 3.8) is 0 Å². The van der Waals surface area contributed by atoms with Gasteiger partial charge in [-0.05, 0) is 24.6 Å². The molecule has 0 saturated carbocycles. The molecule has 0 spiro atoms. The van der Waals surface area contributed by atoms with Gasteiger partial charge in [0.15, 0.2) is 0 Å². The molecule has 0 radical (unpaired) electrons. The van der Waals surface area contributed by atoms with Crippen LogP contribution in [-0.4, -0.2) is 11.3 Å². The monoisotopic (exact) mass is 179 g/mol. The second-order valence-corrected chi connectivity index (χ2v) is 2.61. The fourth-order valence-electron chi connectivity index (χ4n) is 0.968. The lowest BCUT2D eigenvalue weighted by atomic mass is 10.2. The van der Waals surface area contributed by atoms with Gasteiger partial charge in [-0.15, -0.1) is 0 Å². The Hall–Kier alpha value is -1.51. The molecule has 0 aliphatic rings. The van der Waals surface area contributed by atoms with E-state index in [0.29, 0.717) is 12.1 Å². The van der Waals surface area contributed by atoms with Gasteiger partial charge < -0.3 is 4.79 Å². The van der Waals surface area contributed by atoms with Gasteiger partial charge in [0.25, 0.3) is 0 Å². The Morgan fingerprint density at radius 2 is 2.31 bits per heavy atom. The predicted octanol–water partition coefficient (Wildman–Crippen LogP) is 2.13. The van der Waals surface area contributed by atoms with E-state index in [4.69, 9.17) is 0 Å². The smallest absolute Gasteiger partial charge is 0.213 e. The molecule has 13 heavy (non-hydrogen) atoms. The Morgan fingerprint density at radius 3 is 2.92 bits per heavy atom. The van der Waals surface area contributed by atoms with E-state index < -0.39 is 5.95 Å². The number of hydrogen-bond acceptors (Lipinski definition) is 2. The molecular weight excluding hydrogens is 169 g/mol. The summed E-state index contributed by atoms with van der Waals surface area (Å²) in [5, 5.41) is 0. The molecule has 1 aromatic rings. The van der Waals surface area contributed by atoms with Crippen LogP contribution in [0.25, 0.3) is 6.08 Å². The maximum absolute atomic E-state index is 12.5. The molecule has 0 aliphatic heterocycles. The number of carbonyl (C=O) groups is 1. The number of aldehydes is 1. The molecule has 0 bridgehead atoms. The van der Waals surface area contributed by atoms with Gasteiger partial charge in [0.1, 0.15) is 6.29 Å². The average molecular weight is 179 g/mol. The van der Waals surface area contributed by atoms with Crippen molar-refractivity contribution in [1.29, 1.82) is 0 Å². The summed E-state index contributed by atoms with van der Waals surface area (Å²) in [7, 11) is 0. The molecule has 0 fully saturated rings. The fourth-order valence-corrected chi connectivity index (χ4v) is 0.968. The van der Waals surface area contributed by atoms with E-state index in [1.54, 1.807) is 25.1 Å². The highest BCUT2D eigenvalue weighted by molar-refractivity contribution is 5.58. The first kappa shape index (κ1) is 9.58. The van der Waals surface area contributed by atoms with E-state index in [1.165, 1.54) is 6.07 Å². The zero-order valence-corrected chi connectivity index (χ0v) is 7.33. The predicted molar refractivity (Wildman–Crippen MR) is 48.6 cm³/mol. The summed E-state index contributed by atoms with van der Waals surface area (Å²) < 4.78 is 12.5. The van der Waals surface area contributed by atoms with Crippen LogP contribution >= 0.6 is 0 Å². The summed E-state index contributed by atoms with van der Waals surface area (Å²) in [6.45, 7) is 1.73. The quantitative estimate of drug-likeness (QED) is 0.525. The third-order valence-electron chi connectivity index (χ3n) is 1.62. The number of rotatable bonds is 3. The van der Waals surface area contributed by atoms with Crippen LogP contribution in [0.5, 0.6) is 0 Å². The molecule has 1 rings (SSSR count). The third kappa shape index (κ3) is 2.78. The minimum absolute atomic E-state index is 0.372. The van der Waals surface area contributed by atoms with Gasteiger partial charge in [-0.3, -0.25) is 0 Å². The first-order chi connectivity index (χ1) is 6.24. The second-order valence-electron chi connectivity index (χ2n) is 2.61. The number of carbonyl (C=O) groups excluding carboxylic acids is 1. The molecule has 1 heterocycles. The second kappa shape index (κ2) is 4.50. The van der Waals surface area contributed by atoms with Crippen LogP contribution in [0, 0.1) is 12.9 Å². The minimum Gasteiger partial charge on any atom is -0.303 e. The van der Waals surface area contributed by atoms with Crippen molar-refractivity contribution in [2.75, 3.05) is 0 Å². The van der Waals surface area contributed by atoms with Crippen LogP contribution in [0.4, 0.5) is 4.39 Å². The molecule has 2 nitrogen and oxygen atoms in total. The lowest BCUT2D eigenvalue weighted by molar-refractivity contribution is -0.107. The zero-order valence-electron chi connectivity index (χ0n) is 7.33. The molecule has 0 amide bonds. The van der Waals surface area contributed by atoms with Crippen molar-refractivity contribution < 1.29 is 9.18 Å². The molecule has 3 heteroatoms. The minimum atomic E-state index is -0.481. The molecule has 0 unspecified atom stereocenters. The molecule has 0 aliphatic carbocycles. The van der Waals surface area contributed by atoms with Crippen LogP contribution in [0.1, 0.15) is 17.7 Å². The number of aromatic nitrogens is 1. The SMILES string of the molecule is Cc1nc(F)ccc1C=CCC=O. The summed E-state index contributed by atoms with van der Waals surface area (Å²) in [4.78, 5) is 13.7. The standard InChI is InChI=1S/C10H10FNO/c1-8-9(4-2-3-7-13)5-6-10(11)12-8/h2,4-7H,3H2,1H3. The summed E-state index contributed by atoms with van der Waals surface area (Å²) in [5.41, 5.74) is 1.46. The number of aryl methyl sites for hydroxylation is 1. The van der Waals surface area contributed by atoms with Crippen LogP contribution in [0.2, 0.25) is 0 Å². The number of nitrogens with zero attached hydrogens (tertiary/aromatic N) is 1. The van der Waals surface area contributed by atoms with Gasteiger partial charge in [0.05, 0.1) is 0 Å². The molecule has 1 aromatic heterocycles. The largest absolute Gasteiger partial charge is 0.303 e. The van der Waals surface area contributed by atoms with Gasteiger partial charge in [0.2, 0.25) is 5.95 Å². The zero-order chi connectivity index (χ0) is 9.68. The highest BCUT2D eigenvalue weighted by Crippen LogP contribution is 2.08. The fraction of sp³-hybridized carbons (Fsp3) is 0.200. The van der Waals surface area contributed by atoms with Gasteiger partial charge in [-0.1, -0.05) is 12.2 Å². The van der Waals surface area contributed by atoms with Gasteiger partial charge >= 0.3 is 0 Å². The van der Waals surface area contributed by atoms with Crippen LogP contribution in [-0.2, 0) is 4.79 Å². The molecule has 0 saturated heterocycles. The van der Waals surface area contributed by atoms with E-state index in [9.17, 15) is 9.18 Å². The Morgan fingerprint density at radius 1 is 1.54 bits per heavy atom. The number of allylic oxidation sites excluding steroid dienone is 1. The number of pyridine rings is 1. The first-order valence-corrected chi connectivity index (χ1v) is 3.97. The number of halogens is 1. The summed E-state index contributed by atoms with van der Waals surface area (Å²) in [6.07, 6.45) is 4.66. The summed E-state index contributed by atoms with van der Waals surface area (Å²) >= 11 is 0. The molecule has 0 aromatic carbocycles. The first-order valence-electron chi connectivity index (χ1n) is 3.97. The Bertz CT molecular complexity index is 334. The van der Waals surface area contributed by atoms with Crippen molar-refractivity contribution in [2.45, 2.75) is 13.3 Å². The lowest BCUT2D eigenvalue weighted by Gasteiger charge is -1.97.